The van der Waals surface area contributed by atoms with Crippen molar-refractivity contribution < 1.29 is 0 Å². The van der Waals surface area contributed by atoms with Crippen LogP contribution in [-0.2, 0) is 0 Å². The lowest BCUT2D eigenvalue weighted by Gasteiger charge is -2.18. The molecular formula is C15H30. The van der Waals surface area contributed by atoms with Crippen LogP contribution in [0.1, 0.15) is 78.6 Å². The van der Waals surface area contributed by atoms with Gasteiger partial charge in [-0.3, -0.25) is 0 Å². The van der Waals surface area contributed by atoms with Crippen molar-refractivity contribution in [3.8, 4) is 0 Å². The highest BCUT2D eigenvalue weighted by molar-refractivity contribution is 4.63. The molecule has 0 amide bonds. The highest BCUT2D eigenvalue weighted by Gasteiger charge is 2.10. The zero-order valence-electron chi connectivity index (χ0n) is 11.1. The number of hydrogen-bond donors (Lipinski definition) is 0. The Kier molecular flexibility index (Phi) is 6.36. The molecule has 90 valence electrons. The van der Waals surface area contributed by atoms with Crippen molar-refractivity contribution in [1.82, 2.24) is 0 Å². The van der Waals surface area contributed by atoms with Crippen molar-refractivity contribution in [2.45, 2.75) is 78.6 Å². The van der Waals surface area contributed by atoms with Gasteiger partial charge in [0.15, 0.2) is 0 Å². The fourth-order valence-corrected chi connectivity index (χ4v) is 1.84. The topological polar surface area (TPSA) is 0 Å². The van der Waals surface area contributed by atoms with Gasteiger partial charge in [-0.2, -0.15) is 0 Å². The van der Waals surface area contributed by atoms with E-state index in [2.05, 4.69) is 20.8 Å². The molecule has 3 rings (SSSR count). The summed E-state index contributed by atoms with van der Waals surface area (Å²) in [6.07, 6.45) is 13.4. The van der Waals surface area contributed by atoms with Crippen LogP contribution in [0.4, 0.5) is 0 Å². The quantitative estimate of drug-likeness (QED) is 0.501. The van der Waals surface area contributed by atoms with E-state index >= 15 is 0 Å². The van der Waals surface area contributed by atoms with Crippen LogP contribution in [0.3, 0.4) is 0 Å². The molecule has 0 unspecified atom stereocenters. The molecule has 0 bridgehead atoms. The lowest BCUT2D eigenvalue weighted by atomic mass is 9.88. The van der Waals surface area contributed by atoms with E-state index in [4.69, 9.17) is 0 Å². The van der Waals surface area contributed by atoms with Crippen molar-refractivity contribution >= 4 is 0 Å². The largest absolute Gasteiger partial charge is 0.0625 e. The van der Waals surface area contributed by atoms with Crippen molar-refractivity contribution in [1.29, 1.82) is 0 Å². The second kappa shape index (κ2) is 7.30. The van der Waals surface area contributed by atoms with Gasteiger partial charge in [0.2, 0.25) is 0 Å². The summed E-state index contributed by atoms with van der Waals surface area (Å²) in [4.78, 5) is 0. The first kappa shape index (κ1) is 13.1. The molecule has 0 aromatic carbocycles. The Morgan fingerprint density at radius 3 is 0.600 bits per heavy atom. The summed E-state index contributed by atoms with van der Waals surface area (Å²) in [5.41, 5.74) is 0. The second-order valence-corrected chi connectivity index (χ2v) is 6.11. The van der Waals surface area contributed by atoms with Crippen molar-refractivity contribution in [3.63, 3.8) is 0 Å². The minimum atomic E-state index is 1.06. The van der Waals surface area contributed by atoms with E-state index in [1.54, 1.807) is 0 Å². The molecule has 0 heterocycles. The maximum absolute atomic E-state index is 2.31. The average molecular weight is 210 g/mol. The molecule has 0 aromatic heterocycles. The fourth-order valence-electron chi connectivity index (χ4n) is 1.84. The van der Waals surface area contributed by atoms with Crippen LogP contribution < -0.4 is 0 Å². The predicted octanol–water partition coefficient (Wildman–Crippen LogP) is 5.42. The predicted molar refractivity (Wildman–Crippen MR) is 69.0 cm³/mol. The zero-order valence-corrected chi connectivity index (χ0v) is 11.1. The van der Waals surface area contributed by atoms with Crippen LogP contribution in [0.25, 0.3) is 0 Å². The summed E-state index contributed by atoms with van der Waals surface area (Å²) >= 11 is 0. The lowest BCUT2D eigenvalue weighted by Crippen LogP contribution is -2.04. The van der Waals surface area contributed by atoms with Crippen molar-refractivity contribution in [3.05, 3.63) is 0 Å². The van der Waals surface area contributed by atoms with Gasteiger partial charge in [0.05, 0.1) is 0 Å². The normalized spacial score (nSPS) is 25.8. The SMILES string of the molecule is CC1CCC1.CC1CCC1.CC1CCC1. The Labute approximate surface area is 96.8 Å². The molecule has 0 radical (unpaired) electrons. The van der Waals surface area contributed by atoms with Crippen LogP contribution in [0.15, 0.2) is 0 Å². The van der Waals surface area contributed by atoms with Gasteiger partial charge >= 0.3 is 0 Å². The first-order valence-electron chi connectivity index (χ1n) is 7.18. The molecule has 3 aliphatic rings. The number of hydrogen-bond acceptors (Lipinski definition) is 0. The second-order valence-electron chi connectivity index (χ2n) is 6.11. The van der Waals surface area contributed by atoms with E-state index in [0.29, 0.717) is 0 Å². The Bertz CT molecular complexity index is 110. The van der Waals surface area contributed by atoms with Gasteiger partial charge < -0.3 is 0 Å². The lowest BCUT2D eigenvalue weighted by molar-refractivity contribution is 0.346. The van der Waals surface area contributed by atoms with E-state index < -0.39 is 0 Å². The van der Waals surface area contributed by atoms with E-state index in [0.717, 1.165) is 17.8 Å². The molecular weight excluding hydrogens is 180 g/mol. The Hall–Kier alpha value is 0. The van der Waals surface area contributed by atoms with E-state index in [1.165, 1.54) is 57.8 Å². The summed E-state index contributed by atoms with van der Waals surface area (Å²) in [5, 5.41) is 0. The molecule has 3 fully saturated rings. The van der Waals surface area contributed by atoms with Crippen molar-refractivity contribution in [2.75, 3.05) is 0 Å². The highest BCUT2D eigenvalue weighted by atomic mass is 14.2. The van der Waals surface area contributed by atoms with Gasteiger partial charge in [-0.15, -0.1) is 0 Å². The fraction of sp³-hybridized carbons (Fsp3) is 1.00. The van der Waals surface area contributed by atoms with E-state index in [-0.39, 0.29) is 0 Å². The number of rotatable bonds is 0. The summed E-state index contributed by atoms with van der Waals surface area (Å²) in [5.74, 6) is 3.19. The summed E-state index contributed by atoms with van der Waals surface area (Å²) in [6.45, 7) is 6.93. The monoisotopic (exact) mass is 210 g/mol. The highest BCUT2D eigenvalue weighted by Crippen LogP contribution is 2.25. The molecule has 0 aromatic rings. The first-order valence-corrected chi connectivity index (χ1v) is 7.18. The Balaban J connectivity index is 0.000000112. The van der Waals surface area contributed by atoms with Crippen LogP contribution in [0.2, 0.25) is 0 Å². The molecule has 0 spiro atoms. The van der Waals surface area contributed by atoms with Gasteiger partial charge in [-0.1, -0.05) is 78.6 Å². The Morgan fingerprint density at radius 2 is 0.600 bits per heavy atom. The van der Waals surface area contributed by atoms with Gasteiger partial charge in [-0.05, 0) is 17.8 Å². The third-order valence-corrected chi connectivity index (χ3v) is 4.18. The third kappa shape index (κ3) is 6.22. The van der Waals surface area contributed by atoms with Crippen LogP contribution in [0, 0.1) is 17.8 Å². The molecule has 3 saturated carbocycles. The maximum Gasteiger partial charge on any atom is -0.0443 e. The summed E-state index contributed by atoms with van der Waals surface area (Å²) in [7, 11) is 0. The van der Waals surface area contributed by atoms with Crippen LogP contribution in [0.5, 0.6) is 0 Å². The molecule has 0 atom stereocenters. The standard InChI is InChI=1S/3C5H10/c3*1-5-3-2-4-5/h3*5H,2-4H2,1H3. The molecule has 3 aliphatic carbocycles. The molecule has 0 nitrogen and oxygen atoms in total. The average Bonchev–Trinajstić information content (AvgIpc) is 2.10. The molecule has 0 aliphatic heterocycles. The van der Waals surface area contributed by atoms with Gasteiger partial charge in [-0.25, -0.2) is 0 Å². The Morgan fingerprint density at radius 1 is 0.467 bits per heavy atom. The van der Waals surface area contributed by atoms with Crippen molar-refractivity contribution in [2.24, 2.45) is 17.8 Å². The third-order valence-electron chi connectivity index (χ3n) is 4.18. The molecule has 15 heavy (non-hydrogen) atoms. The van der Waals surface area contributed by atoms with Gasteiger partial charge in [0, 0.05) is 0 Å². The van der Waals surface area contributed by atoms with E-state index in [9.17, 15) is 0 Å². The molecule has 0 heteroatoms. The van der Waals surface area contributed by atoms with Gasteiger partial charge in [0.25, 0.3) is 0 Å². The van der Waals surface area contributed by atoms with E-state index in [1.807, 2.05) is 0 Å². The minimum absolute atomic E-state index is 1.06. The maximum atomic E-state index is 2.31. The molecule has 0 saturated heterocycles. The van der Waals surface area contributed by atoms with Gasteiger partial charge in [0.1, 0.15) is 0 Å². The summed E-state index contributed by atoms with van der Waals surface area (Å²) < 4.78 is 0. The molecule has 0 N–H and O–H groups in total. The smallest absolute Gasteiger partial charge is 0.0443 e. The minimum Gasteiger partial charge on any atom is -0.0625 e. The van der Waals surface area contributed by atoms with Crippen LogP contribution in [-0.4, -0.2) is 0 Å². The first-order chi connectivity index (χ1) is 7.18. The zero-order chi connectivity index (χ0) is 11.1. The van der Waals surface area contributed by atoms with Crippen LogP contribution >= 0.6 is 0 Å². The summed E-state index contributed by atoms with van der Waals surface area (Å²) in [6, 6.07) is 0.